The van der Waals surface area contributed by atoms with Crippen LogP contribution in [0, 0.1) is 0 Å². The third kappa shape index (κ3) is 8.52. The topological polar surface area (TPSA) is 19.6 Å². The fourth-order valence-corrected chi connectivity index (χ4v) is 11.7. The van der Waals surface area contributed by atoms with Crippen molar-refractivity contribution in [1.82, 2.24) is 0 Å². The molecule has 0 radical (unpaired) electrons. The molecule has 372 valence electrons. The molecule has 12 aromatic rings. The summed E-state index contributed by atoms with van der Waals surface area (Å²) in [5, 5.41) is 2.17. The van der Waals surface area contributed by atoms with Gasteiger partial charge in [0.05, 0.1) is 0 Å². The standard InChI is InChI=1S/C75H56N2O/c1-5-17-51(6-2)54-28-38-59(39-29-54)76(60-40-30-55(31-41-60)52-18-9-7-10-19-52)61-44-34-57(35-45-61)65-23-15-25-69-70-26-16-24-66(74(70)78-73(65)69)58-36-46-63(47-37-58)77(62-42-32-56(33-43-62)53-20-11-8-12-21-53)64-48-49-68-67-22-13-14-27-71(67)75(3,4)72(68)50-64/h5-50H,1-2H2,3-4H3/b51-17+. The van der Waals surface area contributed by atoms with Crippen LogP contribution in [0.5, 0.6) is 0 Å². The van der Waals surface area contributed by atoms with E-state index in [0.717, 1.165) is 89.5 Å². The Hall–Kier alpha value is -9.96. The summed E-state index contributed by atoms with van der Waals surface area (Å²) in [4.78, 5) is 4.69. The Balaban J connectivity index is 0.846. The molecule has 0 saturated carbocycles. The van der Waals surface area contributed by atoms with E-state index in [1.165, 1.54) is 44.5 Å². The van der Waals surface area contributed by atoms with Gasteiger partial charge in [-0.2, -0.15) is 0 Å². The molecule has 0 amide bonds. The van der Waals surface area contributed by atoms with Gasteiger partial charge in [-0.25, -0.2) is 0 Å². The quantitative estimate of drug-likeness (QED) is 0.107. The van der Waals surface area contributed by atoms with Gasteiger partial charge in [-0.3, -0.25) is 0 Å². The third-order valence-corrected chi connectivity index (χ3v) is 15.7. The Morgan fingerprint density at radius 1 is 0.359 bits per heavy atom. The lowest BCUT2D eigenvalue weighted by Crippen LogP contribution is -2.16. The van der Waals surface area contributed by atoms with E-state index in [1.54, 1.807) is 6.08 Å². The molecule has 1 aliphatic carbocycles. The summed E-state index contributed by atoms with van der Waals surface area (Å²) in [6.45, 7) is 12.6. The molecule has 78 heavy (non-hydrogen) atoms. The summed E-state index contributed by atoms with van der Waals surface area (Å²) in [5.41, 5.74) is 24.5. The van der Waals surface area contributed by atoms with Gasteiger partial charge in [0.2, 0.25) is 0 Å². The van der Waals surface area contributed by atoms with Gasteiger partial charge in [-0.05, 0) is 140 Å². The number of benzene rings is 11. The second-order valence-electron chi connectivity index (χ2n) is 20.6. The van der Waals surface area contributed by atoms with E-state index in [2.05, 4.69) is 298 Å². The number of hydrogen-bond acceptors (Lipinski definition) is 3. The maximum absolute atomic E-state index is 7.06. The molecule has 0 unspecified atom stereocenters. The van der Waals surface area contributed by atoms with Gasteiger partial charge in [-0.1, -0.05) is 233 Å². The summed E-state index contributed by atoms with van der Waals surface area (Å²) in [6, 6.07) is 94.1. The van der Waals surface area contributed by atoms with Crippen LogP contribution in [0.1, 0.15) is 30.5 Å². The number of allylic oxidation sites excluding steroid dienone is 4. The minimum atomic E-state index is -0.130. The summed E-state index contributed by atoms with van der Waals surface area (Å²) in [7, 11) is 0. The van der Waals surface area contributed by atoms with Crippen LogP contribution in [0.15, 0.2) is 297 Å². The van der Waals surface area contributed by atoms with E-state index in [1.807, 2.05) is 12.2 Å². The Morgan fingerprint density at radius 2 is 0.744 bits per heavy atom. The molecule has 1 aliphatic rings. The van der Waals surface area contributed by atoms with E-state index in [9.17, 15) is 0 Å². The van der Waals surface area contributed by atoms with Crippen LogP contribution in [0.2, 0.25) is 0 Å². The van der Waals surface area contributed by atoms with Gasteiger partial charge in [-0.15, -0.1) is 0 Å². The molecule has 11 aromatic carbocycles. The molecule has 1 aromatic heterocycles. The van der Waals surface area contributed by atoms with Crippen LogP contribution in [0.3, 0.4) is 0 Å². The van der Waals surface area contributed by atoms with Crippen LogP contribution in [-0.4, -0.2) is 0 Å². The lowest BCUT2D eigenvalue weighted by atomic mass is 9.82. The molecule has 0 fully saturated rings. The molecule has 0 aliphatic heterocycles. The van der Waals surface area contributed by atoms with Gasteiger partial charge in [0.15, 0.2) is 0 Å². The molecule has 13 rings (SSSR count). The van der Waals surface area contributed by atoms with Crippen LogP contribution in [0.25, 0.3) is 83.1 Å². The number of rotatable bonds is 13. The lowest BCUT2D eigenvalue weighted by molar-refractivity contribution is 0.660. The highest BCUT2D eigenvalue weighted by Gasteiger charge is 2.36. The fourth-order valence-electron chi connectivity index (χ4n) is 11.7. The molecular formula is C75H56N2O. The molecule has 0 spiro atoms. The minimum absolute atomic E-state index is 0.130. The molecule has 0 bridgehead atoms. The average molecular weight is 1000 g/mol. The Labute approximate surface area is 457 Å². The summed E-state index contributed by atoms with van der Waals surface area (Å²) >= 11 is 0. The van der Waals surface area contributed by atoms with Crippen molar-refractivity contribution >= 4 is 61.6 Å². The van der Waals surface area contributed by atoms with Gasteiger partial charge in [0.25, 0.3) is 0 Å². The Bertz CT molecular complexity index is 4210. The highest BCUT2D eigenvalue weighted by Crippen LogP contribution is 2.51. The molecular weight excluding hydrogens is 945 g/mol. The maximum atomic E-state index is 7.06. The fraction of sp³-hybridized carbons (Fsp3) is 0.0400. The second-order valence-corrected chi connectivity index (χ2v) is 20.6. The van der Waals surface area contributed by atoms with Crippen LogP contribution < -0.4 is 9.80 Å². The van der Waals surface area contributed by atoms with E-state index < -0.39 is 0 Å². The van der Waals surface area contributed by atoms with Crippen LogP contribution >= 0.6 is 0 Å². The molecule has 1 heterocycles. The molecule has 0 N–H and O–H groups in total. The van der Waals surface area contributed by atoms with E-state index >= 15 is 0 Å². The zero-order chi connectivity index (χ0) is 52.7. The van der Waals surface area contributed by atoms with E-state index in [0.29, 0.717) is 0 Å². The van der Waals surface area contributed by atoms with Crippen molar-refractivity contribution in [3.63, 3.8) is 0 Å². The maximum Gasteiger partial charge on any atom is 0.143 e. The Kier molecular flexibility index (Phi) is 12.2. The molecule has 0 atom stereocenters. The van der Waals surface area contributed by atoms with Gasteiger partial charge >= 0.3 is 0 Å². The van der Waals surface area contributed by atoms with Gasteiger partial charge in [0, 0.05) is 61.4 Å². The zero-order valence-corrected chi connectivity index (χ0v) is 43.8. The predicted octanol–water partition coefficient (Wildman–Crippen LogP) is 21.3. The second kappa shape index (κ2) is 20.0. The summed E-state index contributed by atoms with van der Waals surface area (Å²) in [5.74, 6) is 0. The van der Waals surface area contributed by atoms with Crippen molar-refractivity contribution in [2.24, 2.45) is 0 Å². The molecule has 0 saturated heterocycles. The lowest BCUT2D eigenvalue weighted by Gasteiger charge is -2.28. The average Bonchev–Trinajstić information content (AvgIpc) is 4.22. The van der Waals surface area contributed by atoms with Crippen molar-refractivity contribution in [2.45, 2.75) is 19.3 Å². The van der Waals surface area contributed by atoms with E-state index in [4.69, 9.17) is 4.42 Å². The zero-order valence-electron chi connectivity index (χ0n) is 43.8. The van der Waals surface area contributed by atoms with Crippen molar-refractivity contribution < 1.29 is 4.42 Å². The van der Waals surface area contributed by atoms with Crippen molar-refractivity contribution in [2.75, 3.05) is 9.80 Å². The normalized spacial score (nSPS) is 12.5. The first-order chi connectivity index (χ1) is 38.3. The van der Waals surface area contributed by atoms with Crippen molar-refractivity contribution in [1.29, 1.82) is 0 Å². The molecule has 3 heteroatoms. The van der Waals surface area contributed by atoms with Crippen molar-refractivity contribution in [3.8, 4) is 55.6 Å². The van der Waals surface area contributed by atoms with E-state index in [-0.39, 0.29) is 5.41 Å². The van der Waals surface area contributed by atoms with Crippen LogP contribution in [0.4, 0.5) is 34.1 Å². The SMILES string of the molecule is C=C/C=C(\C=C)c1ccc(N(c2ccc(-c3ccccc3)cc2)c2ccc(-c3cccc4c3oc3c(-c5ccc(N(c6ccc(-c7ccccc7)cc6)c6ccc7c(c6)C(C)(C)c6ccccc6-7)cc5)cccc34)cc2)cc1. The predicted molar refractivity (Wildman–Crippen MR) is 331 cm³/mol. The number of hydrogen-bond donors (Lipinski definition) is 0. The van der Waals surface area contributed by atoms with Gasteiger partial charge < -0.3 is 14.2 Å². The van der Waals surface area contributed by atoms with Crippen molar-refractivity contribution in [3.05, 3.63) is 309 Å². The number of nitrogens with zero attached hydrogens (tertiary/aromatic N) is 2. The molecule has 3 nitrogen and oxygen atoms in total. The highest BCUT2D eigenvalue weighted by atomic mass is 16.3. The Morgan fingerprint density at radius 3 is 1.22 bits per heavy atom. The first-order valence-corrected chi connectivity index (χ1v) is 26.7. The summed E-state index contributed by atoms with van der Waals surface area (Å²) < 4.78 is 7.06. The first-order valence-electron chi connectivity index (χ1n) is 26.7. The number of anilines is 6. The number of para-hydroxylation sites is 2. The number of fused-ring (bicyclic) bond motifs is 6. The summed E-state index contributed by atoms with van der Waals surface area (Å²) in [6.07, 6.45) is 5.65. The highest BCUT2D eigenvalue weighted by molar-refractivity contribution is 6.13. The monoisotopic (exact) mass is 1000 g/mol. The van der Waals surface area contributed by atoms with Crippen LogP contribution in [-0.2, 0) is 5.41 Å². The minimum Gasteiger partial charge on any atom is -0.455 e. The smallest absolute Gasteiger partial charge is 0.143 e. The third-order valence-electron chi connectivity index (χ3n) is 15.7. The largest absolute Gasteiger partial charge is 0.455 e. The number of furan rings is 1. The first kappa shape index (κ1) is 47.7. The van der Waals surface area contributed by atoms with Gasteiger partial charge in [0.1, 0.15) is 11.2 Å².